The maximum atomic E-state index is 13.1. The third-order valence-electron chi connectivity index (χ3n) is 8.56. The summed E-state index contributed by atoms with van der Waals surface area (Å²) in [5.74, 6) is -0.272. The Balaban J connectivity index is 1.26. The highest BCUT2D eigenvalue weighted by molar-refractivity contribution is 7.79. The molecule has 1 aliphatic carbocycles. The summed E-state index contributed by atoms with van der Waals surface area (Å²) >= 11 is -2.39. The van der Waals surface area contributed by atoms with Crippen molar-refractivity contribution in [3.8, 4) is 11.1 Å². The number of anilines is 1. The van der Waals surface area contributed by atoms with Crippen molar-refractivity contribution in [1.82, 2.24) is 39.9 Å². The number of pyridine rings is 1. The zero-order chi connectivity index (χ0) is 26.9. The van der Waals surface area contributed by atoms with Crippen LogP contribution in [0.25, 0.3) is 16.8 Å². The molecule has 6 heterocycles. The van der Waals surface area contributed by atoms with Gasteiger partial charge in [-0.3, -0.25) is 9.78 Å². The number of piperidine rings is 1. The highest BCUT2D eigenvalue weighted by Gasteiger charge is 2.46. The van der Waals surface area contributed by atoms with Gasteiger partial charge in [-0.25, -0.2) is 9.19 Å². The highest BCUT2D eigenvalue weighted by Crippen LogP contribution is 2.45. The number of hydrogen-bond donors (Lipinski definition) is 4. The van der Waals surface area contributed by atoms with E-state index in [4.69, 9.17) is 10.7 Å². The summed E-state index contributed by atoms with van der Waals surface area (Å²) in [5.41, 5.74) is 8.83. The molecule has 0 aromatic carbocycles. The van der Waals surface area contributed by atoms with E-state index < -0.39 is 16.7 Å². The topological polar surface area (TPSA) is 189 Å². The number of hydrogen-bond acceptors (Lipinski definition) is 9. The molecule has 39 heavy (non-hydrogen) atoms. The first kappa shape index (κ1) is 24.3. The summed E-state index contributed by atoms with van der Waals surface area (Å²) in [7, 11) is 0. The van der Waals surface area contributed by atoms with Gasteiger partial charge in [0.15, 0.2) is 22.4 Å². The van der Waals surface area contributed by atoms with Gasteiger partial charge in [-0.1, -0.05) is 6.07 Å². The van der Waals surface area contributed by atoms with Crippen LogP contribution in [0.3, 0.4) is 0 Å². The number of nitrogens with zero attached hydrogens (tertiary/aromatic N) is 7. The highest BCUT2D eigenvalue weighted by atomic mass is 32.2. The van der Waals surface area contributed by atoms with E-state index >= 15 is 0 Å². The van der Waals surface area contributed by atoms with Gasteiger partial charge in [0.2, 0.25) is 0 Å². The predicted octanol–water partition coefficient (Wildman–Crippen LogP) is 1.99. The molecule has 4 atom stereocenters. The first-order valence-corrected chi connectivity index (χ1v) is 14.1. The SMILES string of the molecule is Nc1c(S(=O)O)c(C2C[C@H]3CC[C@@H](C2)N3C(=O)c2cn[nH]n2)nc2c(-c3ccc(C4(O)CCC4)nc3)cnn12. The molecular formula is C25H27N9O4S. The van der Waals surface area contributed by atoms with E-state index in [0.717, 1.165) is 24.8 Å². The van der Waals surface area contributed by atoms with Crippen molar-refractivity contribution in [2.45, 2.75) is 73.4 Å². The fraction of sp³-hybridized carbons (Fsp3) is 0.440. The number of rotatable bonds is 5. The maximum absolute atomic E-state index is 13.1. The molecule has 0 spiro atoms. The van der Waals surface area contributed by atoms with Gasteiger partial charge in [0.25, 0.3) is 5.91 Å². The molecule has 14 heteroatoms. The minimum atomic E-state index is -2.39. The number of nitrogens with two attached hydrogens (primary N) is 1. The Morgan fingerprint density at radius 2 is 1.92 bits per heavy atom. The number of aliphatic hydroxyl groups is 1. The van der Waals surface area contributed by atoms with E-state index in [1.807, 2.05) is 17.0 Å². The fourth-order valence-corrected chi connectivity index (χ4v) is 7.10. The van der Waals surface area contributed by atoms with Crippen LogP contribution >= 0.6 is 0 Å². The molecule has 0 radical (unpaired) electrons. The summed E-state index contributed by atoms with van der Waals surface area (Å²) in [6.45, 7) is 0. The minimum Gasteiger partial charge on any atom is -0.384 e. The molecule has 4 aromatic heterocycles. The van der Waals surface area contributed by atoms with Crippen LogP contribution in [0.4, 0.5) is 5.82 Å². The number of aromatic nitrogens is 7. The van der Waals surface area contributed by atoms with Crippen LogP contribution in [0, 0.1) is 0 Å². The third-order valence-corrected chi connectivity index (χ3v) is 9.33. The molecule has 2 aliphatic heterocycles. The van der Waals surface area contributed by atoms with Crippen LogP contribution in [-0.4, -0.2) is 71.8 Å². The number of nitrogens with one attached hydrogen (secondary N) is 1. The molecule has 202 valence electrons. The van der Waals surface area contributed by atoms with Crippen molar-refractivity contribution in [2.75, 3.05) is 5.73 Å². The van der Waals surface area contributed by atoms with Gasteiger partial charge >= 0.3 is 0 Å². The Labute approximate surface area is 225 Å². The van der Waals surface area contributed by atoms with Gasteiger partial charge in [0, 0.05) is 35.3 Å². The maximum Gasteiger partial charge on any atom is 0.276 e. The zero-order valence-electron chi connectivity index (χ0n) is 20.9. The van der Waals surface area contributed by atoms with Gasteiger partial charge in [0.1, 0.15) is 16.3 Å². The van der Waals surface area contributed by atoms with Gasteiger partial charge in [-0.15, -0.1) is 0 Å². The summed E-state index contributed by atoms with van der Waals surface area (Å²) in [4.78, 5) is 24.4. The van der Waals surface area contributed by atoms with Crippen molar-refractivity contribution in [2.24, 2.45) is 0 Å². The molecule has 2 saturated heterocycles. The number of carbonyl (C=O) groups is 1. The zero-order valence-corrected chi connectivity index (χ0v) is 21.7. The van der Waals surface area contributed by atoms with Gasteiger partial charge in [-0.05, 0) is 51.0 Å². The summed E-state index contributed by atoms with van der Waals surface area (Å²) in [6.07, 6.45) is 9.95. The second-order valence-electron chi connectivity index (χ2n) is 10.7. The first-order chi connectivity index (χ1) is 18.8. The Morgan fingerprint density at radius 1 is 1.15 bits per heavy atom. The second kappa shape index (κ2) is 8.89. The summed E-state index contributed by atoms with van der Waals surface area (Å²) in [5, 5.41) is 25.2. The van der Waals surface area contributed by atoms with Crippen LogP contribution < -0.4 is 5.73 Å². The van der Waals surface area contributed by atoms with Gasteiger partial charge in [0.05, 0.1) is 23.8 Å². The largest absolute Gasteiger partial charge is 0.384 e. The third kappa shape index (κ3) is 3.77. The molecule has 1 amide bonds. The molecule has 7 rings (SSSR count). The minimum absolute atomic E-state index is 0.0457. The molecular weight excluding hydrogens is 522 g/mol. The van der Waals surface area contributed by atoms with E-state index in [1.165, 1.54) is 10.7 Å². The lowest BCUT2D eigenvalue weighted by Gasteiger charge is -2.38. The summed E-state index contributed by atoms with van der Waals surface area (Å²) < 4.78 is 24.1. The molecule has 2 bridgehead atoms. The molecule has 2 unspecified atom stereocenters. The van der Waals surface area contributed by atoms with E-state index in [2.05, 4.69) is 25.5 Å². The number of fused-ring (bicyclic) bond motifs is 3. The average molecular weight is 550 g/mol. The molecule has 3 fully saturated rings. The van der Waals surface area contributed by atoms with Crippen molar-refractivity contribution in [3.63, 3.8) is 0 Å². The molecule has 3 aliphatic rings. The number of nitrogen functional groups attached to an aromatic ring is 1. The number of carbonyl (C=O) groups excluding carboxylic acids is 1. The lowest BCUT2D eigenvalue weighted by molar-refractivity contribution is -0.0426. The molecule has 4 aromatic rings. The van der Waals surface area contributed by atoms with Crippen LogP contribution in [0.15, 0.2) is 35.6 Å². The lowest BCUT2D eigenvalue weighted by Crippen LogP contribution is -2.46. The van der Waals surface area contributed by atoms with E-state index in [-0.39, 0.29) is 40.3 Å². The monoisotopic (exact) mass is 549 g/mol. The van der Waals surface area contributed by atoms with Crippen molar-refractivity contribution < 1.29 is 18.7 Å². The quantitative estimate of drug-likeness (QED) is 0.268. The Morgan fingerprint density at radius 3 is 2.51 bits per heavy atom. The van der Waals surface area contributed by atoms with Crippen LogP contribution in [0.1, 0.15) is 72.7 Å². The Hall–Kier alpha value is -3.75. The molecule has 13 nitrogen and oxygen atoms in total. The van der Waals surface area contributed by atoms with Crippen LogP contribution in [0.2, 0.25) is 0 Å². The number of amides is 1. The van der Waals surface area contributed by atoms with E-state index in [9.17, 15) is 18.7 Å². The number of H-pyrrole nitrogens is 1. The van der Waals surface area contributed by atoms with Gasteiger partial charge < -0.3 is 20.3 Å². The normalized spacial score (nSPS) is 24.6. The predicted molar refractivity (Wildman–Crippen MR) is 139 cm³/mol. The number of aromatic amines is 1. The molecule has 5 N–H and O–H groups in total. The van der Waals surface area contributed by atoms with E-state index in [0.29, 0.717) is 48.3 Å². The van der Waals surface area contributed by atoms with Crippen LogP contribution in [-0.2, 0) is 16.7 Å². The van der Waals surface area contributed by atoms with Crippen molar-refractivity contribution in [3.05, 3.63) is 47.8 Å². The van der Waals surface area contributed by atoms with Crippen LogP contribution in [0.5, 0.6) is 0 Å². The smallest absolute Gasteiger partial charge is 0.276 e. The van der Waals surface area contributed by atoms with Crippen molar-refractivity contribution >= 4 is 28.5 Å². The first-order valence-electron chi connectivity index (χ1n) is 13.0. The Bertz CT molecular complexity index is 1590. The second-order valence-corrected chi connectivity index (χ2v) is 11.6. The average Bonchev–Trinajstić information content (AvgIpc) is 3.65. The molecule has 1 saturated carbocycles. The van der Waals surface area contributed by atoms with Crippen molar-refractivity contribution in [1.29, 1.82) is 0 Å². The standard InChI is InChI=1S/C25H27N9O4S/c26-22-21(39(37)38)20(14-8-15-3-4-16(9-14)33(15)24(35)18-12-28-32-31-18)30-23-17(11-29-34(22)23)13-2-5-19(27-10-13)25(36)6-1-7-25/h2,5,10-12,14-16,36H,1,3-4,6-9,26H2,(H,37,38)(H,28,31,32)/t14?,15-,16+. The lowest BCUT2D eigenvalue weighted by atomic mass is 9.77. The van der Waals surface area contributed by atoms with E-state index in [1.54, 1.807) is 12.4 Å². The van der Waals surface area contributed by atoms with Gasteiger partial charge in [-0.2, -0.15) is 25.0 Å². The fourth-order valence-electron chi connectivity index (χ4n) is 6.44. The summed E-state index contributed by atoms with van der Waals surface area (Å²) in [6, 6.07) is 3.60. The Kier molecular flexibility index (Phi) is 5.54.